The van der Waals surface area contributed by atoms with E-state index in [1.165, 1.54) is 7.11 Å². The van der Waals surface area contributed by atoms with Gasteiger partial charge in [0.05, 0.1) is 24.3 Å². The van der Waals surface area contributed by atoms with E-state index in [0.29, 0.717) is 29.8 Å². The van der Waals surface area contributed by atoms with Crippen molar-refractivity contribution in [1.29, 1.82) is 0 Å². The molecule has 0 unspecified atom stereocenters. The van der Waals surface area contributed by atoms with E-state index >= 15 is 0 Å². The molecular weight excluding hydrogens is 280 g/mol. The molecule has 1 aliphatic heterocycles. The number of benzene rings is 1. The van der Waals surface area contributed by atoms with Gasteiger partial charge in [0.25, 0.3) is 0 Å². The first-order valence-electron chi connectivity index (χ1n) is 6.36. The highest BCUT2D eigenvalue weighted by Crippen LogP contribution is 2.28. The summed E-state index contributed by atoms with van der Waals surface area (Å²) in [6, 6.07) is 4.94. The van der Waals surface area contributed by atoms with Crippen molar-refractivity contribution in [3.63, 3.8) is 0 Å². The van der Waals surface area contributed by atoms with E-state index in [-0.39, 0.29) is 17.5 Å². The molecule has 2 rings (SSSR count). The van der Waals surface area contributed by atoms with Crippen molar-refractivity contribution < 1.29 is 17.9 Å². The lowest BCUT2D eigenvalue weighted by atomic mass is 10.1. The molecule has 0 atom stereocenters. The van der Waals surface area contributed by atoms with Crippen molar-refractivity contribution in [3.05, 3.63) is 23.8 Å². The lowest BCUT2D eigenvalue weighted by molar-refractivity contribution is 0.100. The van der Waals surface area contributed by atoms with Crippen molar-refractivity contribution >= 4 is 21.4 Å². The van der Waals surface area contributed by atoms with Crippen LogP contribution in [0.5, 0.6) is 5.75 Å². The highest BCUT2D eigenvalue weighted by molar-refractivity contribution is 7.91. The van der Waals surface area contributed by atoms with Gasteiger partial charge >= 0.3 is 0 Å². The maximum atomic E-state index is 11.4. The highest BCUT2D eigenvalue weighted by atomic mass is 32.2. The first-order valence-corrected chi connectivity index (χ1v) is 8.18. The fraction of sp³-hybridized carbons (Fsp3) is 0.462. The number of ether oxygens (including phenoxy) is 1. The minimum absolute atomic E-state index is 0.0514. The number of hydrogen-bond donors (Lipinski definition) is 2. The van der Waals surface area contributed by atoms with Crippen molar-refractivity contribution in [3.8, 4) is 5.75 Å². The van der Waals surface area contributed by atoms with E-state index in [9.17, 15) is 13.2 Å². The summed E-state index contributed by atoms with van der Waals surface area (Å²) in [5.41, 5.74) is 6.30. The minimum atomic E-state index is -2.89. The number of primary amides is 1. The molecule has 0 radical (unpaired) electrons. The van der Waals surface area contributed by atoms with Crippen LogP contribution in [0.25, 0.3) is 0 Å². The summed E-state index contributed by atoms with van der Waals surface area (Å²) < 4.78 is 28.0. The maximum absolute atomic E-state index is 11.4. The van der Waals surface area contributed by atoms with Crippen LogP contribution in [0.4, 0.5) is 5.69 Å². The molecular formula is C13H18N2O4S. The minimum Gasteiger partial charge on any atom is -0.495 e. The average molecular weight is 298 g/mol. The van der Waals surface area contributed by atoms with E-state index in [1.54, 1.807) is 18.2 Å². The van der Waals surface area contributed by atoms with Crippen LogP contribution in [0.1, 0.15) is 23.2 Å². The van der Waals surface area contributed by atoms with E-state index < -0.39 is 15.7 Å². The zero-order valence-electron chi connectivity index (χ0n) is 11.3. The van der Waals surface area contributed by atoms with Crippen LogP contribution in [0, 0.1) is 0 Å². The van der Waals surface area contributed by atoms with Crippen LogP contribution >= 0.6 is 0 Å². The summed E-state index contributed by atoms with van der Waals surface area (Å²) in [6.07, 6.45) is 1.10. The van der Waals surface area contributed by atoms with E-state index in [2.05, 4.69) is 5.32 Å². The summed E-state index contributed by atoms with van der Waals surface area (Å²) in [7, 11) is -1.35. The van der Waals surface area contributed by atoms with Crippen LogP contribution < -0.4 is 15.8 Å². The van der Waals surface area contributed by atoms with Gasteiger partial charge in [0.2, 0.25) is 5.91 Å². The number of nitrogens with two attached hydrogens (primary N) is 1. The van der Waals surface area contributed by atoms with Gasteiger partial charge in [0, 0.05) is 11.6 Å². The molecule has 110 valence electrons. The third-order valence-corrected chi connectivity index (χ3v) is 5.11. The fourth-order valence-electron chi connectivity index (χ4n) is 2.23. The second-order valence-corrected chi connectivity index (χ2v) is 7.15. The Bertz CT molecular complexity index is 599. The molecule has 1 fully saturated rings. The molecule has 1 aromatic carbocycles. The van der Waals surface area contributed by atoms with Crippen LogP contribution in [0.15, 0.2) is 18.2 Å². The Kier molecular flexibility index (Phi) is 4.17. The Morgan fingerprint density at radius 2 is 2.00 bits per heavy atom. The predicted octanol–water partition coefficient (Wildman–Crippen LogP) is 0.783. The smallest absolute Gasteiger partial charge is 0.248 e. The van der Waals surface area contributed by atoms with Crippen molar-refractivity contribution in [1.82, 2.24) is 0 Å². The molecule has 7 heteroatoms. The summed E-state index contributed by atoms with van der Waals surface area (Å²) in [6.45, 7) is 0. The van der Waals surface area contributed by atoms with Gasteiger partial charge in [0.15, 0.2) is 0 Å². The van der Waals surface area contributed by atoms with Gasteiger partial charge in [-0.3, -0.25) is 4.79 Å². The standard InChI is InChI=1S/C13H18N2O4S/c1-19-12-3-2-9(13(14)16)8-11(12)15-10-4-6-20(17,18)7-5-10/h2-3,8,10,15H,4-7H2,1H3,(H2,14,16). The largest absolute Gasteiger partial charge is 0.495 e. The second kappa shape index (κ2) is 5.70. The van der Waals surface area contributed by atoms with E-state index in [0.717, 1.165) is 0 Å². The third-order valence-electron chi connectivity index (χ3n) is 3.40. The SMILES string of the molecule is COc1ccc(C(N)=O)cc1NC1CCS(=O)(=O)CC1. The lowest BCUT2D eigenvalue weighted by Gasteiger charge is -2.25. The summed E-state index contributed by atoms with van der Waals surface area (Å²) in [5.74, 6) is 0.454. The molecule has 1 aliphatic rings. The van der Waals surface area contributed by atoms with Gasteiger partial charge in [-0.2, -0.15) is 0 Å². The van der Waals surface area contributed by atoms with Crippen molar-refractivity contribution in [2.24, 2.45) is 5.73 Å². The van der Waals surface area contributed by atoms with Gasteiger partial charge in [-0.05, 0) is 31.0 Å². The molecule has 0 aromatic heterocycles. The second-order valence-electron chi connectivity index (χ2n) is 4.85. The normalized spacial score (nSPS) is 18.4. The molecule has 3 N–H and O–H groups in total. The van der Waals surface area contributed by atoms with Crippen LogP contribution in [0.3, 0.4) is 0 Å². The molecule has 6 nitrogen and oxygen atoms in total. The number of rotatable bonds is 4. The highest BCUT2D eigenvalue weighted by Gasteiger charge is 2.24. The van der Waals surface area contributed by atoms with E-state index in [4.69, 9.17) is 10.5 Å². The van der Waals surface area contributed by atoms with Gasteiger partial charge in [-0.15, -0.1) is 0 Å². The van der Waals surface area contributed by atoms with Gasteiger partial charge in [-0.25, -0.2) is 8.42 Å². The van der Waals surface area contributed by atoms with Gasteiger partial charge in [0.1, 0.15) is 15.6 Å². The molecule has 1 saturated heterocycles. The summed E-state index contributed by atoms with van der Waals surface area (Å²) in [5, 5.41) is 3.24. The van der Waals surface area contributed by atoms with Crippen molar-refractivity contribution in [2.45, 2.75) is 18.9 Å². The molecule has 0 saturated carbocycles. The van der Waals surface area contributed by atoms with Gasteiger partial charge in [-0.1, -0.05) is 0 Å². The number of amides is 1. The average Bonchev–Trinajstić information content (AvgIpc) is 2.41. The molecule has 1 aromatic rings. The monoisotopic (exact) mass is 298 g/mol. The fourth-order valence-corrected chi connectivity index (χ4v) is 3.72. The summed E-state index contributed by atoms with van der Waals surface area (Å²) in [4.78, 5) is 11.2. The van der Waals surface area contributed by atoms with Crippen LogP contribution in [-0.2, 0) is 9.84 Å². The molecule has 0 aliphatic carbocycles. The first kappa shape index (κ1) is 14.6. The number of hydrogen-bond acceptors (Lipinski definition) is 5. The number of anilines is 1. The Hall–Kier alpha value is -1.76. The maximum Gasteiger partial charge on any atom is 0.248 e. The number of methoxy groups -OCH3 is 1. The number of sulfone groups is 1. The predicted molar refractivity (Wildman–Crippen MR) is 76.8 cm³/mol. The zero-order chi connectivity index (χ0) is 14.8. The van der Waals surface area contributed by atoms with Crippen LogP contribution in [-0.4, -0.2) is 39.0 Å². The Morgan fingerprint density at radius 1 is 1.35 bits per heavy atom. The first-order chi connectivity index (χ1) is 9.41. The number of nitrogens with one attached hydrogen (secondary N) is 1. The third kappa shape index (κ3) is 3.41. The molecule has 0 bridgehead atoms. The number of carbonyl (C=O) groups excluding carboxylic acids is 1. The molecule has 20 heavy (non-hydrogen) atoms. The quantitative estimate of drug-likeness (QED) is 0.856. The lowest BCUT2D eigenvalue weighted by Crippen LogP contribution is -2.32. The topological polar surface area (TPSA) is 98.5 Å². The molecule has 1 heterocycles. The van der Waals surface area contributed by atoms with Crippen LogP contribution in [0.2, 0.25) is 0 Å². The Labute approximate surface area is 118 Å². The molecule has 0 spiro atoms. The molecule has 1 amide bonds. The number of carbonyl (C=O) groups is 1. The van der Waals surface area contributed by atoms with E-state index in [1.807, 2.05) is 0 Å². The van der Waals surface area contributed by atoms with Gasteiger partial charge < -0.3 is 15.8 Å². The summed E-state index contributed by atoms with van der Waals surface area (Å²) >= 11 is 0. The zero-order valence-corrected chi connectivity index (χ0v) is 12.1. The Morgan fingerprint density at radius 3 is 2.55 bits per heavy atom. The Balaban J connectivity index is 2.15. The van der Waals surface area contributed by atoms with Crippen molar-refractivity contribution in [2.75, 3.05) is 23.9 Å².